The van der Waals surface area contributed by atoms with Crippen LogP contribution < -0.4 is 15.5 Å². The van der Waals surface area contributed by atoms with E-state index in [4.69, 9.17) is 14.7 Å². The van der Waals surface area contributed by atoms with Crippen LogP contribution in [0.15, 0.2) is 92.6 Å². The Balaban J connectivity index is 1.81. The largest absolute Gasteiger partial charge is 0.452 e. The van der Waals surface area contributed by atoms with Crippen LogP contribution in [0.4, 0.5) is 11.4 Å². The van der Waals surface area contributed by atoms with Gasteiger partial charge < -0.3 is 4.74 Å². The molecule has 3 nitrogen and oxygen atoms in total. The SMILES string of the molecule is c1ccc2c(c1)N=c1c(c3c(c4ccccc14)=Nc1ccccc1S3)O2. The summed E-state index contributed by atoms with van der Waals surface area (Å²) in [6, 6.07) is 24.4. The number of nitrogens with zero attached hydrogens (tertiary/aromatic N) is 2. The summed E-state index contributed by atoms with van der Waals surface area (Å²) < 4.78 is 6.32. The van der Waals surface area contributed by atoms with Gasteiger partial charge in [-0.25, -0.2) is 9.98 Å². The predicted octanol–water partition coefficient (Wildman–Crippen LogP) is 5.31. The molecule has 2 heterocycles. The third-order valence-electron chi connectivity index (χ3n) is 4.69. The van der Waals surface area contributed by atoms with E-state index in [1.165, 1.54) is 0 Å². The number of rotatable bonds is 0. The number of ether oxygens (including phenoxy) is 1. The molecule has 6 rings (SSSR count). The summed E-state index contributed by atoms with van der Waals surface area (Å²) in [4.78, 5) is 12.1. The minimum atomic E-state index is 0.789. The predicted molar refractivity (Wildman–Crippen MR) is 103 cm³/mol. The minimum absolute atomic E-state index is 0.789. The van der Waals surface area contributed by atoms with E-state index < -0.39 is 0 Å². The minimum Gasteiger partial charge on any atom is -0.452 e. The van der Waals surface area contributed by atoms with Crippen molar-refractivity contribution in [1.82, 2.24) is 0 Å². The lowest BCUT2D eigenvalue weighted by Crippen LogP contribution is -2.21. The highest BCUT2D eigenvalue weighted by molar-refractivity contribution is 7.99. The van der Waals surface area contributed by atoms with E-state index in [1.54, 1.807) is 11.8 Å². The molecule has 0 unspecified atom stereocenters. The first-order chi connectivity index (χ1) is 12.9. The normalized spacial score (nSPS) is 13.4. The zero-order chi connectivity index (χ0) is 17.1. The zero-order valence-electron chi connectivity index (χ0n) is 13.6. The molecule has 0 amide bonds. The summed E-state index contributed by atoms with van der Waals surface area (Å²) in [5.74, 6) is 1.59. The average molecular weight is 352 g/mol. The Hall–Kier alpha value is -3.11. The van der Waals surface area contributed by atoms with Gasteiger partial charge in [0.1, 0.15) is 11.0 Å². The molecule has 0 aliphatic carbocycles. The average Bonchev–Trinajstić information content (AvgIpc) is 2.71. The number of hydrogen-bond acceptors (Lipinski definition) is 4. The molecular formula is C22H12N2OS. The van der Waals surface area contributed by atoms with Gasteiger partial charge in [-0.2, -0.15) is 0 Å². The van der Waals surface area contributed by atoms with Gasteiger partial charge in [-0.15, -0.1) is 0 Å². The third kappa shape index (κ3) is 1.90. The molecule has 2 aliphatic rings. The van der Waals surface area contributed by atoms with Crippen molar-refractivity contribution in [2.24, 2.45) is 9.98 Å². The van der Waals surface area contributed by atoms with Gasteiger partial charge in [0.25, 0.3) is 0 Å². The Labute approximate surface area is 153 Å². The van der Waals surface area contributed by atoms with Crippen LogP contribution in [0.25, 0.3) is 10.8 Å². The van der Waals surface area contributed by atoms with Crippen molar-refractivity contribution in [2.75, 3.05) is 0 Å². The molecule has 0 atom stereocenters. The second kappa shape index (κ2) is 5.19. The lowest BCUT2D eigenvalue weighted by Gasteiger charge is -2.21. The van der Waals surface area contributed by atoms with Gasteiger partial charge in [-0.05, 0) is 24.3 Å². The summed E-state index contributed by atoms with van der Waals surface area (Å²) in [5.41, 5.74) is 1.87. The lowest BCUT2D eigenvalue weighted by molar-refractivity contribution is 0.458. The summed E-state index contributed by atoms with van der Waals surface area (Å²) >= 11 is 1.71. The van der Waals surface area contributed by atoms with Crippen LogP contribution >= 0.6 is 11.8 Å². The molecule has 2 aliphatic heterocycles. The molecule has 4 aromatic carbocycles. The number of para-hydroxylation sites is 3. The molecule has 4 heteroatoms. The fourth-order valence-electron chi connectivity index (χ4n) is 3.50. The van der Waals surface area contributed by atoms with Crippen LogP contribution in [0.3, 0.4) is 0 Å². The van der Waals surface area contributed by atoms with Gasteiger partial charge in [0.2, 0.25) is 0 Å². The first kappa shape index (κ1) is 14.1. The van der Waals surface area contributed by atoms with Gasteiger partial charge in [0, 0.05) is 15.7 Å². The summed E-state index contributed by atoms with van der Waals surface area (Å²) in [5, 5.41) is 4.03. The number of fused-ring (bicyclic) bond motifs is 8. The Bertz CT molecular complexity index is 1240. The standard InChI is InChI=1S/C22H12N2OS/c1-2-8-14-13(7-1)19-21(25-17-11-5-3-9-15(17)23-19)22-20(14)24-16-10-4-6-12-18(16)26-22/h1-12H. The van der Waals surface area contributed by atoms with Crippen molar-refractivity contribution in [3.8, 4) is 11.5 Å². The van der Waals surface area contributed by atoms with E-state index in [9.17, 15) is 0 Å². The molecule has 0 bridgehead atoms. The van der Waals surface area contributed by atoms with Crippen molar-refractivity contribution in [1.29, 1.82) is 0 Å². The Morgan fingerprint density at radius 1 is 0.654 bits per heavy atom. The van der Waals surface area contributed by atoms with Crippen molar-refractivity contribution in [2.45, 2.75) is 9.79 Å². The van der Waals surface area contributed by atoms with Gasteiger partial charge in [-0.3, -0.25) is 0 Å². The molecule has 0 spiro atoms. The second-order valence-corrected chi connectivity index (χ2v) is 7.32. The van der Waals surface area contributed by atoms with Crippen LogP contribution in [0, 0.1) is 0 Å². The first-order valence-electron chi connectivity index (χ1n) is 8.44. The molecule has 0 fully saturated rings. The number of benzene rings is 4. The molecule has 0 N–H and O–H groups in total. The molecule has 4 aromatic rings. The Morgan fingerprint density at radius 3 is 2.19 bits per heavy atom. The van der Waals surface area contributed by atoms with Gasteiger partial charge >= 0.3 is 0 Å². The zero-order valence-corrected chi connectivity index (χ0v) is 14.5. The topological polar surface area (TPSA) is 34.0 Å². The maximum absolute atomic E-state index is 6.32. The molecule has 0 saturated heterocycles. The van der Waals surface area contributed by atoms with Crippen LogP contribution in [0.2, 0.25) is 0 Å². The van der Waals surface area contributed by atoms with Crippen molar-refractivity contribution in [3.05, 3.63) is 83.5 Å². The maximum Gasteiger partial charge on any atom is 0.169 e. The van der Waals surface area contributed by atoms with Gasteiger partial charge in [0.05, 0.1) is 15.9 Å². The van der Waals surface area contributed by atoms with E-state index >= 15 is 0 Å². The third-order valence-corrected chi connectivity index (χ3v) is 5.84. The van der Waals surface area contributed by atoms with E-state index in [-0.39, 0.29) is 0 Å². The molecule has 122 valence electrons. The van der Waals surface area contributed by atoms with Crippen molar-refractivity contribution in [3.63, 3.8) is 0 Å². The molecule has 26 heavy (non-hydrogen) atoms. The molecule has 0 radical (unpaired) electrons. The van der Waals surface area contributed by atoms with Crippen LogP contribution in [0.5, 0.6) is 11.5 Å². The monoisotopic (exact) mass is 352 g/mol. The molecule has 0 aromatic heterocycles. The molecule has 0 saturated carbocycles. The van der Waals surface area contributed by atoms with Crippen LogP contribution in [0.1, 0.15) is 0 Å². The van der Waals surface area contributed by atoms with Crippen LogP contribution in [-0.4, -0.2) is 0 Å². The van der Waals surface area contributed by atoms with Crippen LogP contribution in [-0.2, 0) is 0 Å². The maximum atomic E-state index is 6.32. The number of hydrogen-bond donors (Lipinski definition) is 0. The van der Waals surface area contributed by atoms with Crippen molar-refractivity contribution >= 4 is 33.9 Å². The quantitative estimate of drug-likeness (QED) is 0.371. The highest BCUT2D eigenvalue weighted by Gasteiger charge is 2.24. The fraction of sp³-hybridized carbons (Fsp3) is 0. The van der Waals surface area contributed by atoms with E-state index in [2.05, 4.69) is 24.3 Å². The highest BCUT2D eigenvalue weighted by atomic mass is 32.2. The Kier molecular flexibility index (Phi) is 2.82. The Morgan fingerprint density at radius 2 is 1.31 bits per heavy atom. The lowest BCUT2D eigenvalue weighted by atomic mass is 10.1. The fourth-order valence-corrected chi connectivity index (χ4v) is 4.57. The highest BCUT2D eigenvalue weighted by Crippen LogP contribution is 2.44. The van der Waals surface area contributed by atoms with E-state index in [0.717, 1.165) is 54.2 Å². The second-order valence-electron chi connectivity index (χ2n) is 6.26. The van der Waals surface area contributed by atoms with Gasteiger partial charge in [0.15, 0.2) is 11.5 Å². The van der Waals surface area contributed by atoms with Gasteiger partial charge in [-0.1, -0.05) is 60.3 Å². The smallest absolute Gasteiger partial charge is 0.169 e. The van der Waals surface area contributed by atoms with E-state index in [0.29, 0.717) is 0 Å². The summed E-state index contributed by atoms with van der Waals surface area (Å²) in [6.45, 7) is 0. The van der Waals surface area contributed by atoms with Crippen molar-refractivity contribution < 1.29 is 4.74 Å². The summed E-state index contributed by atoms with van der Waals surface area (Å²) in [6.07, 6.45) is 0. The van der Waals surface area contributed by atoms with E-state index in [1.807, 2.05) is 48.5 Å². The molecular weight excluding hydrogens is 340 g/mol. The first-order valence-corrected chi connectivity index (χ1v) is 9.26. The summed E-state index contributed by atoms with van der Waals surface area (Å²) in [7, 11) is 0.